The molecule has 0 aliphatic heterocycles. The molecule has 94 heavy (non-hydrogen) atoms. The van der Waals surface area contributed by atoms with E-state index in [-0.39, 0.29) is 25.7 Å². The van der Waals surface area contributed by atoms with Gasteiger partial charge >= 0.3 is 39.5 Å². The monoisotopic (exact) mass is 1380 g/mol. The Balaban J connectivity index is 5.24. The summed E-state index contributed by atoms with van der Waals surface area (Å²) in [6.07, 6.45) is 54.0. The Hall–Kier alpha value is -1.94. The molecule has 5 atom stereocenters. The molecular formula is C75H146O17P2. The van der Waals surface area contributed by atoms with Crippen molar-refractivity contribution in [1.82, 2.24) is 0 Å². The van der Waals surface area contributed by atoms with Gasteiger partial charge in [0, 0.05) is 25.7 Å². The van der Waals surface area contributed by atoms with Crippen LogP contribution in [0.3, 0.4) is 0 Å². The summed E-state index contributed by atoms with van der Waals surface area (Å²) >= 11 is 0. The first-order chi connectivity index (χ1) is 45.4. The van der Waals surface area contributed by atoms with Crippen LogP contribution in [-0.2, 0) is 65.4 Å². The van der Waals surface area contributed by atoms with Crippen LogP contribution in [0.4, 0.5) is 0 Å². The Labute approximate surface area is 575 Å². The van der Waals surface area contributed by atoms with Crippen molar-refractivity contribution in [2.45, 2.75) is 407 Å². The van der Waals surface area contributed by atoms with Gasteiger partial charge in [-0.15, -0.1) is 0 Å². The highest BCUT2D eigenvalue weighted by Gasteiger charge is 2.30. The van der Waals surface area contributed by atoms with Crippen molar-refractivity contribution in [2.24, 2.45) is 11.8 Å². The third-order valence-electron chi connectivity index (χ3n) is 17.5. The Morgan fingerprint density at radius 3 is 0.723 bits per heavy atom. The molecule has 0 saturated heterocycles. The van der Waals surface area contributed by atoms with Crippen molar-refractivity contribution < 1.29 is 80.2 Å². The van der Waals surface area contributed by atoms with Gasteiger partial charge in [-0.2, -0.15) is 0 Å². The molecule has 0 saturated carbocycles. The van der Waals surface area contributed by atoms with Gasteiger partial charge in [-0.05, 0) is 37.5 Å². The minimum atomic E-state index is -4.96. The van der Waals surface area contributed by atoms with Crippen LogP contribution in [0.2, 0.25) is 0 Å². The number of rotatable bonds is 74. The zero-order valence-electron chi connectivity index (χ0n) is 61.3. The quantitative estimate of drug-likeness (QED) is 0.0222. The molecule has 17 nitrogen and oxygen atoms in total. The molecule has 0 rings (SSSR count). The fourth-order valence-corrected chi connectivity index (χ4v) is 13.1. The van der Waals surface area contributed by atoms with Crippen LogP contribution in [0.25, 0.3) is 0 Å². The molecule has 0 heterocycles. The van der Waals surface area contributed by atoms with Crippen molar-refractivity contribution in [1.29, 1.82) is 0 Å². The molecule has 0 aromatic heterocycles. The van der Waals surface area contributed by atoms with Crippen LogP contribution in [0, 0.1) is 11.8 Å². The maximum absolute atomic E-state index is 13.1. The SMILES string of the molecule is CCCCCCCCCCCCCCCC(=O)O[C@H](COC(=O)CCCCCCCCCCCC)COP(=O)(O)OC[C@H](O)COP(=O)(O)OC[C@@H](COC(=O)CCCCCCCCCCCCC(C)C)OC(=O)CCCCCCCCCCCCCCCCCC(C)C. The molecule has 0 aliphatic carbocycles. The minimum absolute atomic E-state index is 0.108. The van der Waals surface area contributed by atoms with Crippen LogP contribution in [-0.4, -0.2) is 96.7 Å². The molecule has 0 aromatic carbocycles. The topological polar surface area (TPSA) is 237 Å². The molecule has 0 fully saturated rings. The largest absolute Gasteiger partial charge is 0.472 e. The normalized spacial score (nSPS) is 14.0. The van der Waals surface area contributed by atoms with E-state index >= 15 is 0 Å². The number of esters is 4. The van der Waals surface area contributed by atoms with Gasteiger partial charge in [-0.3, -0.25) is 37.3 Å². The smallest absolute Gasteiger partial charge is 0.462 e. The minimum Gasteiger partial charge on any atom is -0.462 e. The van der Waals surface area contributed by atoms with E-state index in [1.807, 2.05) is 0 Å². The van der Waals surface area contributed by atoms with E-state index in [1.54, 1.807) is 0 Å². The maximum Gasteiger partial charge on any atom is 0.472 e. The van der Waals surface area contributed by atoms with Gasteiger partial charge in [0.1, 0.15) is 19.3 Å². The van der Waals surface area contributed by atoms with Crippen molar-refractivity contribution in [3.8, 4) is 0 Å². The summed E-state index contributed by atoms with van der Waals surface area (Å²) in [7, 11) is -9.91. The summed E-state index contributed by atoms with van der Waals surface area (Å²) in [5.74, 6) is -0.554. The lowest BCUT2D eigenvalue weighted by Crippen LogP contribution is -2.30. The van der Waals surface area contributed by atoms with E-state index in [0.29, 0.717) is 25.7 Å². The number of phosphoric ester groups is 2. The number of hydrogen-bond donors (Lipinski definition) is 3. The first kappa shape index (κ1) is 92.1. The second kappa shape index (κ2) is 66.9. The van der Waals surface area contributed by atoms with Gasteiger partial charge in [-0.25, -0.2) is 9.13 Å². The van der Waals surface area contributed by atoms with Crippen LogP contribution in [0.15, 0.2) is 0 Å². The Kier molecular flexibility index (Phi) is 65.5. The highest BCUT2D eigenvalue weighted by Crippen LogP contribution is 2.45. The van der Waals surface area contributed by atoms with E-state index in [9.17, 15) is 43.2 Å². The number of aliphatic hydroxyl groups excluding tert-OH is 1. The molecule has 2 unspecified atom stereocenters. The van der Waals surface area contributed by atoms with Gasteiger partial charge in [0.15, 0.2) is 12.2 Å². The van der Waals surface area contributed by atoms with Gasteiger partial charge in [0.2, 0.25) is 0 Å². The third-order valence-corrected chi connectivity index (χ3v) is 19.4. The number of phosphoric acid groups is 2. The third kappa shape index (κ3) is 68.6. The number of aliphatic hydroxyl groups is 1. The Bertz CT molecular complexity index is 1820. The average Bonchev–Trinajstić information content (AvgIpc) is 1.21. The fraction of sp³-hybridized carbons (Fsp3) is 0.947. The summed E-state index contributed by atoms with van der Waals surface area (Å²) in [5, 5.41) is 10.6. The molecule has 0 aromatic rings. The van der Waals surface area contributed by atoms with E-state index in [4.69, 9.17) is 37.0 Å². The summed E-state index contributed by atoms with van der Waals surface area (Å²) in [6, 6.07) is 0. The molecule has 0 aliphatic rings. The maximum atomic E-state index is 13.1. The highest BCUT2D eigenvalue weighted by molar-refractivity contribution is 7.47. The number of hydrogen-bond acceptors (Lipinski definition) is 15. The first-order valence-corrected chi connectivity index (χ1v) is 42.0. The van der Waals surface area contributed by atoms with E-state index < -0.39 is 97.5 Å². The summed E-state index contributed by atoms with van der Waals surface area (Å²) in [4.78, 5) is 72.7. The van der Waals surface area contributed by atoms with Gasteiger partial charge in [0.05, 0.1) is 26.4 Å². The lowest BCUT2D eigenvalue weighted by Gasteiger charge is -2.21. The summed E-state index contributed by atoms with van der Waals surface area (Å²) < 4.78 is 68.5. The summed E-state index contributed by atoms with van der Waals surface area (Å²) in [5.41, 5.74) is 0. The number of unbranched alkanes of at least 4 members (excludes halogenated alkanes) is 44. The van der Waals surface area contributed by atoms with Gasteiger partial charge in [0.25, 0.3) is 0 Å². The molecule has 19 heteroatoms. The molecule has 3 N–H and O–H groups in total. The zero-order valence-corrected chi connectivity index (χ0v) is 63.1. The highest BCUT2D eigenvalue weighted by atomic mass is 31.2. The van der Waals surface area contributed by atoms with Crippen LogP contribution < -0.4 is 0 Å². The first-order valence-electron chi connectivity index (χ1n) is 39.0. The molecule has 0 radical (unpaired) electrons. The Morgan fingerprint density at radius 2 is 0.489 bits per heavy atom. The van der Waals surface area contributed by atoms with Gasteiger partial charge in [-0.1, -0.05) is 337 Å². The lowest BCUT2D eigenvalue weighted by molar-refractivity contribution is -0.161. The van der Waals surface area contributed by atoms with Crippen molar-refractivity contribution in [2.75, 3.05) is 39.6 Å². The predicted molar refractivity (Wildman–Crippen MR) is 381 cm³/mol. The zero-order chi connectivity index (χ0) is 69.3. The lowest BCUT2D eigenvalue weighted by atomic mass is 10.0. The number of ether oxygens (including phenoxy) is 4. The number of carbonyl (C=O) groups excluding carboxylic acids is 4. The second-order valence-electron chi connectivity index (χ2n) is 28.0. The standard InChI is InChI=1S/C75H146O17P2/c1-7-9-11-13-15-17-19-23-27-35-41-47-53-59-74(79)91-70(63-85-72(77)57-51-45-39-33-18-16-14-12-10-8-2)65-89-93(81,82)87-61-69(76)62-88-94(83,84)90-66-71(64-86-73(78)58-52-46-40-34-30-29-32-38-44-50-56-68(5)6)92-75(80)60-54-48-42-36-28-25-22-20-21-24-26-31-37-43-49-55-67(3)4/h67-71,76H,7-66H2,1-6H3,(H,81,82)(H,83,84)/t69-,70+,71+/m0/s1. The van der Waals surface area contributed by atoms with Crippen LogP contribution in [0.5, 0.6) is 0 Å². The molecule has 0 spiro atoms. The van der Waals surface area contributed by atoms with E-state index in [1.165, 1.54) is 205 Å². The molecular weight excluding hydrogens is 1230 g/mol. The van der Waals surface area contributed by atoms with Crippen molar-refractivity contribution in [3.05, 3.63) is 0 Å². The Morgan fingerprint density at radius 1 is 0.287 bits per heavy atom. The van der Waals surface area contributed by atoms with E-state index in [0.717, 1.165) is 102 Å². The molecule has 558 valence electrons. The van der Waals surface area contributed by atoms with Crippen LogP contribution >= 0.6 is 15.6 Å². The molecule has 0 bridgehead atoms. The number of carbonyl (C=O) groups is 4. The average molecular weight is 1380 g/mol. The van der Waals surface area contributed by atoms with Crippen molar-refractivity contribution in [3.63, 3.8) is 0 Å². The predicted octanol–water partition coefficient (Wildman–Crippen LogP) is 21.9. The summed E-state index contributed by atoms with van der Waals surface area (Å²) in [6.45, 7) is 9.61. The fourth-order valence-electron chi connectivity index (χ4n) is 11.5. The second-order valence-corrected chi connectivity index (χ2v) is 30.9. The van der Waals surface area contributed by atoms with Gasteiger partial charge < -0.3 is 33.8 Å². The van der Waals surface area contributed by atoms with Crippen molar-refractivity contribution >= 4 is 39.5 Å². The molecule has 0 amide bonds. The van der Waals surface area contributed by atoms with Crippen LogP contribution in [0.1, 0.15) is 388 Å². The van der Waals surface area contributed by atoms with E-state index in [2.05, 4.69) is 41.5 Å².